The zero-order chi connectivity index (χ0) is 13.5. The van der Waals surface area contributed by atoms with Crippen LogP contribution in [-0.4, -0.2) is 48.6 Å². The molecule has 1 heterocycles. The van der Waals surface area contributed by atoms with E-state index in [0.29, 0.717) is 0 Å². The molecule has 1 aromatic rings. The van der Waals surface area contributed by atoms with Gasteiger partial charge in [-0.3, -0.25) is 4.90 Å². The maximum absolute atomic E-state index is 12.1. The Bertz CT molecular complexity index is 386. The Morgan fingerprint density at radius 1 is 1.16 bits per heavy atom. The molecule has 0 atom stereocenters. The number of anilines is 1. The molecule has 4 nitrogen and oxygen atoms in total. The van der Waals surface area contributed by atoms with Crippen LogP contribution in [0.15, 0.2) is 30.3 Å². The minimum absolute atomic E-state index is 0.0151. The number of nitrogens with zero attached hydrogens (tertiary/aromatic N) is 2. The number of rotatable bonds is 4. The number of para-hydroxylation sites is 1. The summed E-state index contributed by atoms with van der Waals surface area (Å²) in [6.07, 6.45) is 2.48. The predicted molar refractivity (Wildman–Crippen MR) is 78.4 cm³/mol. The molecular weight excluding hydrogens is 238 g/mol. The Hall–Kier alpha value is -1.55. The molecule has 0 spiro atoms. The largest absolute Gasteiger partial charge is 0.322 e. The zero-order valence-electron chi connectivity index (χ0n) is 11.6. The lowest BCUT2D eigenvalue weighted by atomic mass is 10.2. The minimum Gasteiger partial charge on any atom is -0.322 e. The summed E-state index contributed by atoms with van der Waals surface area (Å²) in [5, 5.41) is 2.94. The van der Waals surface area contributed by atoms with E-state index >= 15 is 0 Å². The van der Waals surface area contributed by atoms with Crippen molar-refractivity contribution in [1.29, 1.82) is 0 Å². The van der Waals surface area contributed by atoms with Crippen LogP contribution in [0.5, 0.6) is 0 Å². The van der Waals surface area contributed by atoms with Crippen molar-refractivity contribution in [2.45, 2.75) is 19.8 Å². The van der Waals surface area contributed by atoms with E-state index in [4.69, 9.17) is 0 Å². The maximum atomic E-state index is 12.1. The first-order chi connectivity index (χ1) is 9.29. The summed E-state index contributed by atoms with van der Waals surface area (Å²) in [6.45, 7) is 6.99. The molecule has 1 fully saturated rings. The van der Waals surface area contributed by atoms with E-state index in [1.807, 2.05) is 35.2 Å². The van der Waals surface area contributed by atoms with E-state index < -0.39 is 0 Å². The number of amides is 2. The normalized spacial score (nSPS) is 16.4. The number of carbonyl (C=O) groups is 1. The quantitative estimate of drug-likeness (QED) is 0.904. The van der Waals surface area contributed by atoms with Crippen molar-refractivity contribution in [1.82, 2.24) is 9.80 Å². The van der Waals surface area contributed by atoms with Gasteiger partial charge >= 0.3 is 6.03 Å². The monoisotopic (exact) mass is 261 g/mol. The Labute approximate surface area is 115 Å². The van der Waals surface area contributed by atoms with E-state index in [-0.39, 0.29) is 6.03 Å². The van der Waals surface area contributed by atoms with Crippen LogP contribution in [-0.2, 0) is 0 Å². The molecular formula is C15H23N3O. The Morgan fingerprint density at radius 2 is 1.84 bits per heavy atom. The highest BCUT2D eigenvalue weighted by Gasteiger charge is 2.20. The van der Waals surface area contributed by atoms with Crippen molar-refractivity contribution in [2.24, 2.45) is 0 Å². The van der Waals surface area contributed by atoms with Gasteiger partial charge in [0.2, 0.25) is 0 Å². The van der Waals surface area contributed by atoms with E-state index in [9.17, 15) is 4.79 Å². The first-order valence-electron chi connectivity index (χ1n) is 7.13. The molecule has 2 amide bonds. The third kappa shape index (κ3) is 4.24. The van der Waals surface area contributed by atoms with Crippen molar-refractivity contribution in [3.8, 4) is 0 Å². The number of nitrogens with one attached hydrogen (secondary N) is 1. The number of piperazine rings is 1. The van der Waals surface area contributed by atoms with E-state index in [0.717, 1.165) is 38.4 Å². The highest BCUT2D eigenvalue weighted by molar-refractivity contribution is 5.89. The van der Waals surface area contributed by atoms with Gasteiger partial charge < -0.3 is 10.2 Å². The molecule has 1 saturated heterocycles. The van der Waals surface area contributed by atoms with Crippen LogP contribution in [0.25, 0.3) is 0 Å². The fourth-order valence-electron chi connectivity index (χ4n) is 2.28. The van der Waals surface area contributed by atoms with Crippen LogP contribution in [0, 0.1) is 0 Å². The summed E-state index contributed by atoms with van der Waals surface area (Å²) in [6, 6.07) is 9.64. The molecule has 19 heavy (non-hydrogen) atoms. The first-order valence-corrected chi connectivity index (χ1v) is 7.13. The molecule has 0 aromatic heterocycles. The number of hydrogen-bond acceptors (Lipinski definition) is 2. The van der Waals surface area contributed by atoms with Gasteiger partial charge in [-0.1, -0.05) is 31.5 Å². The van der Waals surface area contributed by atoms with Crippen molar-refractivity contribution >= 4 is 11.7 Å². The van der Waals surface area contributed by atoms with E-state index in [1.165, 1.54) is 12.8 Å². The maximum Gasteiger partial charge on any atom is 0.321 e. The number of hydrogen-bond donors (Lipinski definition) is 1. The van der Waals surface area contributed by atoms with Crippen molar-refractivity contribution < 1.29 is 4.79 Å². The van der Waals surface area contributed by atoms with Gasteiger partial charge in [0.15, 0.2) is 0 Å². The molecule has 2 rings (SSSR count). The standard InChI is InChI=1S/C15H23N3O/c1-2-3-9-17-10-12-18(13-11-17)15(19)16-14-7-5-4-6-8-14/h4-8H,2-3,9-13H2,1H3,(H,16,19). The molecule has 0 bridgehead atoms. The van der Waals surface area contributed by atoms with Gasteiger partial charge in [0.05, 0.1) is 0 Å². The fraction of sp³-hybridized carbons (Fsp3) is 0.533. The summed E-state index contributed by atoms with van der Waals surface area (Å²) in [5.41, 5.74) is 0.862. The Kier molecular flexibility index (Phi) is 5.21. The lowest BCUT2D eigenvalue weighted by molar-refractivity contribution is 0.146. The second kappa shape index (κ2) is 7.14. The second-order valence-corrected chi connectivity index (χ2v) is 4.98. The number of carbonyl (C=O) groups excluding carboxylic acids is 1. The summed E-state index contributed by atoms with van der Waals surface area (Å²) >= 11 is 0. The minimum atomic E-state index is 0.0151. The molecule has 104 valence electrons. The first kappa shape index (κ1) is 13.9. The van der Waals surface area contributed by atoms with Gasteiger partial charge in [0.25, 0.3) is 0 Å². The molecule has 0 radical (unpaired) electrons. The van der Waals surface area contributed by atoms with Gasteiger partial charge in [-0.15, -0.1) is 0 Å². The number of benzene rings is 1. The Morgan fingerprint density at radius 3 is 2.47 bits per heavy atom. The van der Waals surface area contributed by atoms with Gasteiger partial charge in [-0.25, -0.2) is 4.79 Å². The summed E-state index contributed by atoms with van der Waals surface area (Å²) < 4.78 is 0. The zero-order valence-corrected chi connectivity index (χ0v) is 11.6. The highest BCUT2D eigenvalue weighted by atomic mass is 16.2. The SMILES string of the molecule is CCCCN1CCN(C(=O)Nc2ccccc2)CC1. The molecule has 0 aliphatic carbocycles. The third-order valence-electron chi connectivity index (χ3n) is 3.51. The average Bonchev–Trinajstić information content (AvgIpc) is 2.46. The third-order valence-corrected chi connectivity index (χ3v) is 3.51. The Balaban J connectivity index is 1.76. The van der Waals surface area contributed by atoms with Crippen molar-refractivity contribution in [2.75, 3.05) is 38.0 Å². The summed E-state index contributed by atoms with van der Waals surface area (Å²) in [4.78, 5) is 16.4. The molecule has 1 aromatic carbocycles. The van der Waals surface area contributed by atoms with Crippen LogP contribution < -0.4 is 5.32 Å². The van der Waals surface area contributed by atoms with Crippen LogP contribution in [0.3, 0.4) is 0 Å². The predicted octanol–water partition coefficient (Wildman–Crippen LogP) is 2.64. The average molecular weight is 261 g/mol. The molecule has 1 aliphatic rings. The fourth-order valence-corrected chi connectivity index (χ4v) is 2.28. The molecule has 1 N–H and O–H groups in total. The number of urea groups is 1. The second-order valence-electron chi connectivity index (χ2n) is 4.98. The molecule has 0 unspecified atom stereocenters. The summed E-state index contributed by atoms with van der Waals surface area (Å²) in [7, 11) is 0. The van der Waals surface area contributed by atoms with Crippen molar-refractivity contribution in [3.63, 3.8) is 0 Å². The van der Waals surface area contributed by atoms with Crippen LogP contribution in [0.1, 0.15) is 19.8 Å². The molecule has 4 heteroatoms. The van der Waals surface area contributed by atoms with Gasteiger partial charge in [-0.05, 0) is 25.1 Å². The highest BCUT2D eigenvalue weighted by Crippen LogP contribution is 2.09. The van der Waals surface area contributed by atoms with Crippen LogP contribution >= 0.6 is 0 Å². The molecule has 0 saturated carbocycles. The summed E-state index contributed by atoms with van der Waals surface area (Å²) in [5.74, 6) is 0. The van der Waals surface area contributed by atoms with Crippen LogP contribution in [0.2, 0.25) is 0 Å². The van der Waals surface area contributed by atoms with Crippen LogP contribution in [0.4, 0.5) is 10.5 Å². The lowest BCUT2D eigenvalue weighted by Gasteiger charge is -2.34. The lowest BCUT2D eigenvalue weighted by Crippen LogP contribution is -2.50. The topological polar surface area (TPSA) is 35.6 Å². The van der Waals surface area contributed by atoms with E-state index in [2.05, 4.69) is 17.1 Å². The van der Waals surface area contributed by atoms with E-state index in [1.54, 1.807) is 0 Å². The van der Waals surface area contributed by atoms with Gasteiger partial charge in [0, 0.05) is 31.9 Å². The number of unbranched alkanes of at least 4 members (excludes halogenated alkanes) is 1. The van der Waals surface area contributed by atoms with Gasteiger partial charge in [-0.2, -0.15) is 0 Å². The van der Waals surface area contributed by atoms with Crippen molar-refractivity contribution in [3.05, 3.63) is 30.3 Å². The molecule has 1 aliphatic heterocycles. The smallest absolute Gasteiger partial charge is 0.321 e. The van der Waals surface area contributed by atoms with Gasteiger partial charge in [0.1, 0.15) is 0 Å².